The molecule has 0 atom stereocenters. The Balaban J connectivity index is 1.43. The van der Waals surface area contributed by atoms with Crippen LogP contribution >= 0.6 is 0 Å². The van der Waals surface area contributed by atoms with Gasteiger partial charge in [-0.1, -0.05) is 67.1 Å². The zero-order valence-electron chi connectivity index (χ0n) is 21.8. The van der Waals surface area contributed by atoms with Gasteiger partial charge in [-0.05, 0) is 66.1 Å². The Bertz CT molecular complexity index is 1570. The number of carbonyl (C=O) groups is 3. The summed E-state index contributed by atoms with van der Waals surface area (Å²) in [6, 6.07) is 25.2. The summed E-state index contributed by atoms with van der Waals surface area (Å²) in [5, 5.41) is 4.06. The zero-order chi connectivity index (χ0) is 27.4. The van der Waals surface area contributed by atoms with Crippen LogP contribution in [0.5, 0.6) is 11.5 Å². The van der Waals surface area contributed by atoms with Gasteiger partial charge in [0.15, 0.2) is 0 Å². The van der Waals surface area contributed by atoms with Gasteiger partial charge in [-0.25, -0.2) is 9.69 Å². The number of benzene rings is 4. The highest BCUT2D eigenvalue weighted by molar-refractivity contribution is 6.39. The molecule has 7 heteroatoms. The zero-order valence-corrected chi connectivity index (χ0v) is 21.8. The maximum absolute atomic E-state index is 13.5. The first kappa shape index (κ1) is 25.7. The highest BCUT2D eigenvalue weighted by Gasteiger charge is 2.37. The van der Waals surface area contributed by atoms with Gasteiger partial charge in [0.05, 0.1) is 12.3 Å². The van der Waals surface area contributed by atoms with E-state index >= 15 is 0 Å². The molecular formula is C32H28N2O5. The number of fused-ring (bicyclic) bond motifs is 1. The summed E-state index contributed by atoms with van der Waals surface area (Å²) in [6.07, 6.45) is 2.30. The predicted octanol–water partition coefficient (Wildman–Crippen LogP) is 6.18. The fourth-order valence-corrected chi connectivity index (χ4v) is 4.34. The number of hydrogen-bond acceptors (Lipinski definition) is 5. The molecule has 196 valence electrons. The van der Waals surface area contributed by atoms with Crippen LogP contribution < -0.4 is 19.7 Å². The van der Waals surface area contributed by atoms with Crippen molar-refractivity contribution in [3.63, 3.8) is 0 Å². The largest absolute Gasteiger partial charge is 0.493 e. The molecule has 4 aromatic rings. The van der Waals surface area contributed by atoms with Gasteiger partial charge in [0.2, 0.25) is 0 Å². The molecule has 0 unspecified atom stereocenters. The van der Waals surface area contributed by atoms with E-state index in [1.165, 1.54) is 11.6 Å². The summed E-state index contributed by atoms with van der Waals surface area (Å²) in [5.41, 5.74) is 2.96. The van der Waals surface area contributed by atoms with Gasteiger partial charge < -0.3 is 9.47 Å². The van der Waals surface area contributed by atoms with Crippen molar-refractivity contribution in [1.29, 1.82) is 0 Å². The molecular weight excluding hydrogens is 492 g/mol. The van der Waals surface area contributed by atoms with Crippen molar-refractivity contribution in [3.8, 4) is 11.5 Å². The Morgan fingerprint density at radius 3 is 2.33 bits per heavy atom. The summed E-state index contributed by atoms with van der Waals surface area (Å²) in [4.78, 5) is 40.1. The van der Waals surface area contributed by atoms with Crippen LogP contribution in [-0.2, 0) is 16.2 Å². The summed E-state index contributed by atoms with van der Waals surface area (Å²) < 4.78 is 11.8. The Hall–Kier alpha value is -4.91. The number of aryl methyl sites for hydroxylation is 1. The smallest absolute Gasteiger partial charge is 0.335 e. The van der Waals surface area contributed by atoms with Gasteiger partial charge in [-0.15, -0.1) is 0 Å². The molecule has 1 aliphatic rings. The first-order valence-corrected chi connectivity index (χ1v) is 12.8. The number of urea groups is 1. The molecule has 0 saturated carbocycles. The third kappa shape index (κ3) is 5.52. The molecule has 4 amide bonds. The Morgan fingerprint density at radius 2 is 1.59 bits per heavy atom. The lowest BCUT2D eigenvalue weighted by Gasteiger charge is -2.26. The van der Waals surface area contributed by atoms with E-state index in [4.69, 9.17) is 9.47 Å². The number of imide groups is 2. The van der Waals surface area contributed by atoms with Crippen LogP contribution in [0.2, 0.25) is 0 Å². The summed E-state index contributed by atoms with van der Waals surface area (Å²) in [5.74, 6) is -0.327. The van der Waals surface area contributed by atoms with Crippen molar-refractivity contribution in [2.45, 2.75) is 26.9 Å². The molecule has 5 rings (SSSR count). The van der Waals surface area contributed by atoms with E-state index in [1.807, 2.05) is 74.5 Å². The van der Waals surface area contributed by atoms with E-state index in [0.29, 0.717) is 36.0 Å². The van der Waals surface area contributed by atoms with Crippen LogP contribution in [0.1, 0.15) is 30.0 Å². The van der Waals surface area contributed by atoms with Crippen LogP contribution in [0, 0.1) is 6.92 Å². The molecule has 0 spiro atoms. The number of rotatable bonds is 8. The molecule has 0 bridgehead atoms. The standard InChI is InChI=1S/C32H28N2O5/c1-3-18-38-29-17-12-23-6-4-5-7-26(23)27(29)19-28-30(35)33-32(37)34(31(28)36)24-13-15-25(16-14-24)39-20-22-10-8-21(2)9-11-22/h4-17,19H,3,18,20H2,1-2H3,(H,33,35,37)/b28-19+. The monoisotopic (exact) mass is 520 g/mol. The third-order valence-corrected chi connectivity index (χ3v) is 6.40. The van der Waals surface area contributed by atoms with Crippen molar-refractivity contribution >= 4 is 40.4 Å². The number of anilines is 1. The number of hydrogen-bond donors (Lipinski definition) is 1. The minimum Gasteiger partial charge on any atom is -0.493 e. The lowest BCUT2D eigenvalue weighted by atomic mass is 9.99. The number of barbiturate groups is 1. The Kier molecular flexibility index (Phi) is 7.41. The topological polar surface area (TPSA) is 84.9 Å². The minimum absolute atomic E-state index is 0.160. The van der Waals surface area contributed by atoms with E-state index in [1.54, 1.807) is 24.3 Å². The minimum atomic E-state index is -0.809. The van der Waals surface area contributed by atoms with Crippen molar-refractivity contribution in [2.24, 2.45) is 0 Å². The average Bonchev–Trinajstić information content (AvgIpc) is 2.94. The second-order valence-corrected chi connectivity index (χ2v) is 9.27. The normalized spacial score (nSPS) is 14.6. The van der Waals surface area contributed by atoms with E-state index in [2.05, 4.69) is 5.32 Å². The van der Waals surface area contributed by atoms with E-state index in [0.717, 1.165) is 27.7 Å². The molecule has 39 heavy (non-hydrogen) atoms. The fraction of sp³-hybridized carbons (Fsp3) is 0.156. The van der Waals surface area contributed by atoms with Crippen molar-refractivity contribution in [1.82, 2.24) is 5.32 Å². The highest BCUT2D eigenvalue weighted by Crippen LogP contribution is 2.32. The van der Waals surface area contributed by atoms with E-state index in [-0.39, 0.29) is 5.57 Å². The number of amides is 4. The van der Waals surface area contributed by atoms with Gasteiger partial charge in [0.25, 0.3) is 11.8 Å². The van der Waals surface area contributed by atoms with E-state index in [9.17, 15) is 14.4 Å². The van der Waals surface area contributed by atoms with Crippen LogP contribution in [0.15, 0.2) is 90.5 Å². The molecule has 1 heterocycles. The maximum Gasteiger partial charge on any atom is 0.335 e. The number of nitrogens with one attached hydrogen (secondary N) is 1. The number of carbonyl (C=O) groups excluding carboxylic acids is 3. The van der Waals surface area contributed by atoms with Gasteiger partial charge in [0, 0.05) is 5.56 Å². The first-order chi connectivity index (χ1) is 18.9. The lowest BCUT2D eigenvalue weighted by molar-refractivity contribution is -0.122. The molecule has 0 radical (unpaired) electrons. The molecule has 1 fully saturated rings. The van der Waals surface area contributed by atoms with Gasteiger partial charge in [-0.3, -0.25) is 14.9 Å². The fourth-order valence-electron chi connectivity index (χ4n) is 4.34. The number of ether oxygens (including phenoxy) is 2. The van der Waals surface area contributed by atoms with Crippen LogP contribution in [-0.4, -0.2) is 24.5 Å². The molecule has 1 saturated heterocycles. The number of nitrogens with zero attached hydrogens (tertiary/aromatic N) is 1. The third-order valence-electron chi connectivity index (χ3n) is 6.40. The van der Waals surface area contributed by atoms with Crippen LogP contribution in [0.25, 0.3) is 16.8 Å². The predicted molar refractivity (Wildman–Crippen MR) is 151 cm³/mol. The highest BCUT2D eigenvalue weighted by atomic mass is 16.5. The van der Waals surface area contributed by atoms with Gasteiger partial charge in [-0.2, -0.15) is 0 Å². The molecule has 0 aromatic heterocycles. The molecule has 1 aliphatic heterocycles. The first-order valence-electron chi connectivity index (χ1n) is 12.8. The molecule has 0 aliphatic carbocycles. The molecule has 7 nitrogen and oxygen atoms in total. The van der Waals surface area contributed by atoms with Crippen LogP contribution in [0.4, 0.5) is 10.5 Å². The second kappa shape index (κ2) is 11.2. The maximum atomic E-state index is 13.5. The quantitative estimate of drug-likeness (QED) is 0.221. The van der Waals surface area contributed by atoms with Crippen molar-refractivity contribution in [2.75, 3.05) is 11.5 Å². The summed E-state index contributed by atoms with van der Waals surface area (Å²) in [6.45, 7) is 4.89. The average molecular weight is 521 g/mol. The summed E-state index contributed by atoms with van der Waals surface area (Å²) in [7, 11) is 0. The molecule has 4 aromatic carbocycles. The van der Waals surface area contributed by atoms with E-state index < -0.39 is 17.8 Å². The summed E-state index contributed by atoms with van der Waals surface area (Å²) >= 11 is 0. The second-order valence-electron chi connectivity index (χ2n) is 9.27. The SMILES string of the molecule is CCCOc1ccc2ccccc2c1/C=C1\C(=O)NC(=O)N(c2ccc(OCc3ccc(C)cc3)cc2)C1=O. The van der Waals surface area contributed by atoms with Crippen molar-refractivity contribution in [3.05, 3.63) is 107 Å². The Labute approximate surface area is 226 Å². The van der Waals surface area contributed by atoms with Gasteiger partial charge in [0.1, 0.15) is 23.7 Å². The van der Waals surface area contributed by atoms with Crippen molar-refractivity contribution < 1.29 is 23.9 Å². The van der Waals surface area contributed by atoms with Crippen LogP contribution in [0.3, 0.4) is 0 Å². The molecule has 1 N–H and O–H groups in total. The van der Waals surface area contributed by atoms with Gasteiger partial charge >= 0.3 is 6.03 Å². The Morgan fingerprint density at radius 1 is 0.846 bits per heavy atom. The lowest BCUT2D eigenvalue weighted by Crippen LogP contribution is -2.54.